The van der Waals surface area contributed by atoms with Crippen molar-refractivity contribution in [3.05, 3.63) is 45.7 Å². The number of halogens is 1. The first-order valence-electron chi connectivity index (χ1n) is 8.52. The third-order valence-electron chi connectivity index (χ3n) is 4.34. The summed E-state index contributed by atoms with van der Waals surface area (Å²) < 4.78 is 13.6. The number of benzene rings is 1. The summed E-state index contributed by atoms with van der Waals surface area (Å²) in [5.74, 6) is 1.03. The number of ether oxygens (including phenoxy) is 2. The predicted molar refractivity (Wildman–Crippen MR) is 101 cm³/mol. The highest BCUT2D eigenvalue weighted by molar-refractivity contribution is 9.10. The van der Waals surface area contributed by atoms with E-state index >= 15 is 0 Å². The van der Waals surface area contributed by atoms with Crippen molar-refractivity contribution < 1.29 is 14.3 Å². The van der Waals surface area contributed by atoms with Crippen molar-refractivity contribution in [2.24, 2.45) is 5.92 Å². The Morgan fingerprint density at radius 1 is 1.32 bits per heavy atom. The summed E-state index contributed by atoms with van der Waals surface area (Å²) in [4.78, 5) is 11.8. The van der Waals surface area contributed by atoms with Gasteiger partial charge in [-0.15, -0.1) is 0 Å². The SMILES string of the molecule is CCC(CC)COc1ccc(Br)cc1Cn1cc(C(=O)OC)c(C)n1. The first-order chi connectivity index (χ1) is 12.0. The van der Waals surface area contributed by atoms with Crippen molar-refractivity contribution in [3.8, 4) is 5.75 Å². The van der Waals surface area contributed by atoms with E-state index in [-0.39, 0.29) is 5.97 Å². The Hall–Kier alpha value is -1.82. The fourth-order valence-electron chi connectivity index (χ4n) is 2.63. The topological polar surface area (TPSA) is 53.4 Å². The third-order valence-corrected chi connectivity index (χ3v) is 4.83. The number of methoxy groups -OCH3 is 1. The molecule has 0 aliphatic carbocycles. The van der Waals surface area contributed by atoms with Crippen LogP contribution in [0.3, 0.4) is 0 Å². The Bertz CT molecular complexity index is 723. The molecule has 0 radical (unpaired) electrons. The highest BCUT2D eigenvalue weighted by atomic mass is 79.9. The number of aryl methyl sites for hydroxylation is 1. The van der Waals surface area contributed by atoms with Crippen molar-refractivity contribution >= 4 is 21.9 Å². The first-order valence-corrected chi connectivity index (χ1v) is 9.31. The minimum absolute atomic E-state index is 0.372. The number of aromatic nitrogens is 2. The van der Waals surface area contributed by atoms with Gasteiger partial charge in [0.25, 0.3) is 0 Å². The largest absolute Gasteiger partial charge is 0.493 e. The van der Waals surface area contributed by atoms with E-state index in [1.807, 2.05) is 18.2 Å². The molecule has 1 heterocycles. The number of carbonyl (C=O) groups excluding carboxylic acids is 1. The quantitative estimate of drug-likeness (QED) is 0.598. The molecule has 1 aromatic carbocycles. The summed E-state index contributed by atoms with van der Waals surface area (Å²) in [5, 5.41) is 4.42. The lowest BCUT2D eigenvalue weighted by Crippen LogP contribution is -2.12. The van der Waals surface area contributed by atoms with Gasteiger partial charge in [-0.1, -0.05) is 42.6 Å². The normalized spacial score (nSPS) is 11.0. The highest BCUT2D eigenvalue weighted by Gasteiger charge is 2.15. The van der Waals surface area contributed by atoms with Crippen LogP contribution in [0.1, 0.15) is 48.3 Å². The van der Waals surface area contributed by atoms with Gasteiger partial charge in [-0.05, 0) is 31.0 Å². The van der Waals surface area contributed by atoms with Crippen LogP contribution in [0.5, 0.6) is 5.75 Å². The summed E-state index contributed by atoms with van der Waals surface area (Å²) in [6.07, 6.45) is 3.92. The second kappa shape index (κ2) is 9.04. The molecule has 0 aliphatic heterocycles. The zero-order valence-corrected chi connectivity index (χ0v) is 16.8. The summed E-state index contributed by atoms with van der Waals surface area (Å²) >= 11 is 3.51. The fourth-order valence-corrected chi connectivity index (χ4v) is 3.04. The molecule has 2 aromatic rings. The fraction of sp³-hybridized carbons (Fsp3) is 0.474. The second-order valence-electron chi connectivity index (χ2n) is 6.06. The minimum Gasteiger partial charge on any atom is -0.493 e. The number of hydrogen-bond acceptors (Lipinski definition) is 4. The Labute approximate surface area is 157 Å². The van der Waals surface area contributed by atoms with Crippen LogP contribution in [0.25, 0.3) is 0 Å². The van der Waals surface area contributed by atoms with Gasteiger partial charge in [-0.2, -0.15) is 5.10 Å². The monoisotopic (exact) mass is 408 g/mol. The van der Waals surface area contributed by atoms with Gasteiger partial charge in [0.1, 0.15) is 11.3 Å². The molecule has 0 bridgehead atoms. The number of rotatable bonds is 8. The number of hydrogen-bond donors (Lipinski definition) is 0. The molecule has 0 N–H and O–H groups in total. The van der Waals surface area contributed by atoms with E-state index in [0.29, 0.717) is 30.3 Å². The van der Waals surface area contributed by atoms with Crippen LogP contribution in [-0.4, -0.2) is 29.5 Å². The molecule has 25 heavy (non-hydrogen) atoms. The molecule has 0 atom stereocenters. The zero-order chi connectivity index (χ0) is 18.4. The Morgan fingerprint density at radius 3 is 2.68 bits per heavy atom. The predicted octanol–water partition coefficient (Wildman–Crippen LogP) is 4.60. The molecule has 5 nitrogen and oxygen atoms in total. The van der Waals surface area contributed by atoms with E-state index in [0.717, 1.165) is 28.6 Å². The van der Waals surface area contributed by atoms with Crippen molar-refractivity contribution in [1.82, 2.24) is 9.78 Å². The molecule has 0 saturated heterocycles. The van der Waals surface area contributed by atoms with E-state index in [9.17, 15) is 4.79 Å². The average molecular weight is 409 g/mol. The molecule has 0 aliphatic rings. The molecule has 136 valence electrons. The van der Waals surface area contributed by atoms with Crippen LogP contribution in [0.4, 0.5) is 0 Å². The van der Waals surface area contributed by atoms with Crippen LogP contribution in [0, 0.1) is 12.8 Å². The number of esters is 1. The average Bonchev–Trinajstić information content (AvgIpc) is 2.97. The van der Waals surface area contributed by atoms with Gasteiger partial charge in [0.15, 0.2) is 0 Å². The summed E-state index contributed by atoms with van der Waals surface area (Å²) in [6, 6.07) is 5.97. The van der Waals surface area contributed by atoms with Gasteiger partial charge < -0.3 is 9.47 Å². The number of carbonyl (C=O) groups is 1. The molecule has 0 amide bonds. The van der Waals surface area contributed by atoms with Crippen LogP contribution >= 0.6 is 15.9 Å². The molecule has 0 unspecified atom stereocenters. The minimum atomic E-state index is -0.372. The highest BCUT2D eigenvalue weighted by Crippen LogP contribution is 2.25. The van der Waals surface area contributed by atoms with Crippen LogP contribution in [0.2, 0.25) is 0 Å². The first kappa shape index (κ1) is 19.5. The zero-order valence-electron chi connectivity index (χ0n) is 15.2. The van der Waals surface area contributed by atoms with Crippen molar-refractivity contribution in [1.29, 1.82) is 0 Å². The maximum atomic E-state index is 11.8. The third kappa shape index (κ3) is 5.08. The maximum Gasteiger partial charge on any atom is 0.341 e. The lowest BCUT2D eigenvalue weighted by Gasteiger charge is -2.16. The van der Waals surface area contributed by atoms with Gasteiger partial charge in [0.2, 0.25) is 0 Å². The smallest absolute Gasteiger partial charge is 0.341 e. The van der Waals surface area contributed by atoms with Gasteiger partial charge >= 0.3 is 5.97 Å². The van der Waals surface area contributed by atoms with Gasteiger partial charge in [-0.3, -0.25) is 4.68 Å². The van der Waals surface area contributed by atoms with Gasteiger partial charge in [-0.25, -0.2) is 4.79 Å². The molecular weight excluding hydrogens is 384 g/mol. The van der Waals surface area contributed by atoms with Crippen molar-refractivity contribution in [2.45, 2.75) is 40.2 Å². The lowest BCUT2D eigenvalue weighted by atomic mass is 10.1. The van der Waals surface area contributed by atoms with E-state index in [2.05, 4.69) is 34.9 Å². The second-order valence-corrected chi connectivity index (χ2v) is 6.98. The van der Waals surface area contributed by atoms with Crippen LogP contribution < -0.4 is 4.74 Å². The summed E-state index contributed by atoms with van der Waals surface area (Å²) in [6.45, 7) is 7.39. The Kier molecular flexibility index (Phi) is 7.05. The van der Waals surface area contributed by atoms with Gasteiger partial charge in [0, 0.05) is 16.2 Å². The van der Waals surface area contributed by atoms with E-state index in [4.69, 9.17) is 9.47 Å². The van der Waals surface area contributed by atoms with Crippen LogP contribution in [-0.2, 0) is 11.3 Å². The molecule has 6 heteroatoms. The Morgan fingerprint density at radius 2 is 2.04 bits per heavy atom. The maximum absolute atomic E-state index is 11.8. The molecular formula is C19H25BrN2O3. The molecule has 1 aromatic heterocycles. The summed E-state index contributed by atoms with van der Waals surface area (Å²) in [5.41, 5.74) is 2.15. The van der Waals surface area contributed by atoms with Crippen molar-refractivity contribution in [2.75, 3.05) is 13.7 Å². The molecule has 0 fully saturated rings. The standard InChI is InChI=1S/C19H25BrN2O3/c1-5-14(6-2)12-25-18-8-7-16(20)9-15(18)10-22-11-17(13(3)21-22)19(23)24-4/h7-9,11,14H,5-6,10,12H2,1-4H3. The Balaban J connectivity index is 2.21. The molecule has 0 spiro atoms. The van der Waals surface area contributed by atoms with E-state index in [1.165, 1.54) is 7.11 Å². The van der Waals surface area contributed by atoms with Gasteiger partial charge in [0.05, 0.1) is 26.0 Å². The van der Waals surface area contributed by atoms with E-state index < -0.39 is 0 Å². The van der Waals surface area contributed by atoms with Crippen LogP contribution in [0.15, 0.2) is 28.9 Å². The van der Waals surface area contributed by atoms with Crippen molar-refractivity contribution in [3.63, 3.8) is 0 Å². The molecule has 2 rings (SSSR count). The summed E-state index contributed by atoms with van der Waals surface area (Å²) in [7, 11) is 1.37. The van der Waals surface area contributed by atoms with E-state index in [1.54, 1.807) is 17.8 Å². The lowest BCUT2D eigenvalue weighted by molar-refractivity contribution is 0.0600. The molecule has 0 saturated carbocycles. The number of nitrogens with zero attached hydrogens (tertiary/aromatic N) is 2.